The lowest BCUT2D eigenvalue weighted by Gasteiger charge is -2.21. The Morgan fingerprint density at radius 1 is 1.44 bits per heavy atom. The normalized spacial score (nSPS) is 17.7. The molecule has 0 amide bonds. The van der Waals surface area contributed by atoms with Crippen LogP contribution < -0.4 is 10.2 Å². The highest BCUT2D eigenvalue weighted by Crippen LogP contribution is 2.27. The molecule has 3 nitrogen and oxygen atoms in total. The predicted octanol–water partition coefficient (Wildman–Crippen LogP) is 1.93. The lowest BCUT2D eigenvalue weighted by atomic mass is 10.0. The largest absolute Gasteiger partial charge is 0.389 e. The molecule has 0 fully saturated rings. The van der Waals surface area contributed by atoms with Gasteiger partial charge in [0, 0.05) is 32.4 Å². The molecule has 0 aliphatic carbocycles. The minimum Gasteiger partial charge on any atom is -0.389 e. The fraction of sp³-hybridized carbons (Fsp3) is 0.600. The summed E-state index contributed by atoms with van der Waals surface area (Å²) in [6, 6.07) is 6.66. The molecule has 0 spiro atoms. The molecule has 1 aromatic rings. The van der Waals surface area contributed by atoms with Crippen LogP contribution in [0, 0.1) is 0 Å². The smallest absolute Gasteiger partial charge is 0.0741 e. The summed E-state index contributed by atoms with van der Waals surface area (Å²) in [6.07, 6.45) is 1.92. The molecule has 1 aliphatic heterocycles. The van der Waals surface area contributed by atoms with Crippen LogP contribution >= 0.6 is 0 Å². The van der Waals surface area contributed by atoms with Crippen molar-refractivity contribution in [2.24, 2.45) is 0 Å². The molecule has 1 aromatic carbocycles. The van der Waals surface area contributed by atoms with E-state index in [2.05, 4.69) is 35.5 Å². The minimum atomic E-state index is -0.600. The van der Waals surface area contributed by atoms with Gasteiger partial charge in [0.05, 0.1) is 5.60 Å². The predicted molar refractivity (Wildman–Crippen MR) is 76.0 cm³/mol. The van der Waals surface area contributed by atoms with Crippen LogP contribution in [0.2, 0.25) is 0 Å². The van der Waals surface area contributed by atoms with E-state index in [1.165, 1.54) is 16.8 Å². The average Bonchev–Trinajstić information content (AvgIpc) is 2.71. The Labute approximate surface area is 110 Å². The number of likely N-dealkylation sites (N-methyl/N-ethyl adjacent to an activating group) is 1. The summed E-state index contributed by atoms with van der Waals surface area (Å²) in [5, 5.41) is 13.3. The molecule has 1 unspecified atom stereocenters. The number of benzene rings is 1. The van der Waals surface area contributed by atoms with Crippen LogP contribution in [-0.2, 0) is 13.0 Å². The van der Waals surface area contributed by atoms with Crippen LogP contribution in [-0.4, -0.2) is 30.8 Å². The van der Waals surface area contributed by atoms with Gasteiger partial charge in [0.2, 0.25) is 0 Å². The molecule has 0 radical (unpaired) electrons. The van der Waals surface area contributed by atoms with Crippen molar-refractivity contribution in [1.82, 2.24) is 5.32 Å². The number of nitrogens with one attached hydrogen (secondary N) is 1. The Hall–Kier alpha value is -1.06. The third kappa shape index (κ3) is 3.03. The van der Waals surface area contributed by atoms with E-state index in [9.17, 15) is 5.11 Å². The average molecular weight is 248 g/mol. The van der Waals surface area contributed by atoms with Crippen LogP contribution in [0.4, 0.5) is 5.69 Å². The van der Waals surface area contributed by atoms with Crippen molar-refractivity contribution in [3.05, 3.63) is 29.3 Å². The van der Waals surface area contributed by atoms with Gasteiger partial charge in [-0.1, -0.05) is 19.1 Å². The van der Waals surface area contributed by atoms with E-state index in [-0.39, 0.29) is 0 Å². The SMILES string of the molecule is CCC(C)(O)CNCc1ccc2c(c1)CCN2C. The standard InChI is InChI=1S/C15H24N2O/c1-4-15(2,18)11-16-10-12-5-6-14-13(9-12)7-8-17(14)3/h5-6,9,16,18H,4,7-8,10-11H2,1-3H3. The highest BCUT2D eigenvalue weighted by Gasteiger charge is 2.17. The van der Waals surface area contributed by atoms with Gasteiger partial charge in [0.25, 0.3) is 0 Å². The fourth-order valence-corrected chi connectivity index (χ4v) is 2.33. The lowest BCUT2D eigenvalue weighted by Crippen LogP contribution is -2.36. The molecular formula is C15H24N2O. The summed E-state index contributed by atoms with van der Waals surface area (Å²) in [4.78, 5) is 2.30. The van der Waals surface area contributed by atoms with Crippen LogP contribution in [0.3, 0.4) is 0 Å². The van der Waals surface area contributed by atoms with Crippen molar-refractivity contribution in [3.63, 3.8) is 0 Å². The molecular weight excluding hydrogens is 224 g/mol. The molecule has 1 aliphatic rings. The van der Waals surface area contributed by atoms with Crippen LogP contribution in [0.1, 0.15) is 31.4 Å². The Morgan fingerprint density at radius 3 is 2.94 bits per heavy atom. The number of aliphatic hydroxyl groups is 1. The van der Waals surface area contributed by atoms with Crippen molar-refractivity contribution >= 4 is 5.69 Å². The van der Waals surface area contributed by atoms with Gasteiger partial charge in [-0.3, -0.25) is 0 Å². The van der Waals surface area contributed by atoms with Crippen molar-refractivity contribution in [3.8, 4) is 0 Å². The van der Waals surface area contributed by atoms with Crippen molar-refractivity contribution in [1.29, 1.82) is 0 Å². The number of hydrogen-bond donors (Lipinski definition) is 2. The van der Waals surface area contributed by atoms with Gasteiger partial charge in [-0.25, -0.2) is 0 Å². The van der Waals surface area contributed by atoms with E-state index >= 15 is 0 Å². The van der Waals surface area contributed by atoms with Crippen molar-refractivity contribution < 1.29 is 5.11 Å². The lowest BCUT2D eigenvalue weighted by molar-refractivity contribution is 0.0555. The number of nitrogens with zero attached hydrogens (tertiary/aromatic N) is 1. The molecule has 2 rings (SSSR count). The number of hydrogen-bond acceptors (Lipinski definition) is 3. The summed E-state index contributed by atoms with van der Waals surface area (Å²) in [6.45, 7) is 6.47. The summed E-state index contributed by atoms with van der Waals surface area (Å²) in [5.41, 5.74) is 3.51. The van der Waals surface area contributed by atoms with E-state index in [1.807, 2.05) is 13.8 Å². The quantitative estimate of drug-likeness (QED) is 0.836. The first-order valence-electron chi connectivity index (χ1n) is 6.78. The fourth-order valence-electron chi connectivity index (χ4n) is 2.33. The maximum Gasteiger partial charge on any atom is 0.0741 e. The number of fused-ring (bicyclic) bond motifs is 1. The van der Waals surface area contributed by atoms with Gasteiger partial charge in [-0.2, -0.15) is 0 Å². The molecule has 3 heteroatoms. The summed E-state index contributed by atoms with van der Waals surface area (Å²) >= 11 is 0. The molecule has 2 N–H and O–H groups in total. The highest BCUT2D eigenvalue weighted by atomic mass is 16.3. The second-order valence-corrected chi connectivity index (χ2v) is 5.59. The molecule has 0 saturated heterocycles. The molecule has 0 aromatic heterocycles. The second kappa shape index (κ2) is 5.29. The zero-order valence-electron chi connectivity index (χ0n) is 11.7. The Morgan fingerprint density at radius 2 is 2.22 bits per heavy atom. The van der Waals surface area contributed by atoms with Gasteiger partial charge in [-0.05, 0) is 37.0 Å². The second-order valence-electron chi connectivity index (χ2n) is 5.59. The zero-order valence-corrected chi connectivity index (χ0v) is 11.7. The number of rotatable bonds is 5. The van der Waals surface area contributed by atoms with Gasteiger partial charge in [0.15, 0.2) is 0 Å². The van der Waals surface area contributed by atoms with E-state index in [4.69, 9.17) is 0 Å². The van der Waals surface area contributed by atoms with Gasteiger partial charge in [-0.15, -0.1) is 0 Å². The summed E-state index contributed by atoms with van der Waals surface area (Å²) in [7, 11) is 2.14. The van der Waals surface area contributed by atoms with E-state index in [1.54, 1.807) is 0 Å². The molecule has 1 atom stereocenters. The first-order chi connectivity index (χ1) is 8.52. The van der Waals surface area contributed by atoms with Crippen LogP contribution in [0.5, 0.6) is 0 Å². The first kappa shape index (κ1) is 13.4. The van der Waals surface area contributed by atoms with Crippen molar-refractivity contribution in [2.45, 2.75) is 38.8 Å². The molecule has 18 heavy (non-hydrogen) atoms. The van der Waals surface area contributed by atoms with E-state index < -0.39 is 5.60 Å². The van der Waals surface area contributed by atoms with Crippen LogP contribution in [0.15, 0.2) is 18.2 Å². The Bertz CT molecular complexity index is 415. The molecule has 0 saturated carbocycles. The van der Waals surface area contributed by atoms with Crippen LogP contribution in [0.25, 0.3) is 0 Å². The van der Waals surface area contributed by atoms with E-state index in [0.29, 0.717) is 6.54 Å². The molecule has 100 valence electrons. The zero-order chi connectivity index (χ0) is 13.2. The van der Waals surface area contributed by atoms with Crippen molar-refractivity contribution in [2.75, 3.05) is 25.0 Å². The van der Waals surface area contributed by atoms with E-state index in [0.717, 1.165) is 25.9 Å². The summed E-state index contributed by atoms with van der Waals surface area (Å²) < 4.78 is 0. The monoisotopic (exact) mass is 248 g/mol. The maximum atomic E-state index is 9.92. The molecule has 0 bridgehead atoms. The summed E-state index contributed by atoms with van der Waals surface area (Å²) in [5.74, 6) is 0. The van der Waals surface area contributed by atoms with Gasteiger partial charge in [0.1, 0.15) is 0 Å². The Kier molecular flexibility index (Phi) is 3.93. The van der Waals surface area contributed by atoms with Gasteiger partial charge >= 0.3 is 0 Å². The topological polar surface area (TPSA) is 35.5 Å². The Balaban J connectivity index is 1.92. The third-order valence-corrected chi connectivity index (χ3v) is 3.87. The first-order valence-corrected chi connectivity index (χ1v) is 6.78. The maximum absolute atomic E-state index is 9.92. The number of anilines is 1. The third-order valence-electron chi connectivity index (χ3n) is 3.87. The van der Waals surface area contributed by atoms with Gasteiger partial charge < -0.3 is 15.3 Å². The minimum absolute atomic E-state index is 0.600. The molecule has 1 heterocycles. The highest BCUT2D eigenvalue weighted by molar-refractivity contribution is 5.58.